The quantitative estimate of drug-likeness (QED) is 0.742. The van der Waals surface area contributed by atoms with Gasteiger partial charge in [0.2, 0.25) is 0 Å². The Kier molecular flexibility index (Phi) is 3.22. The summed E-state index contributed by atoms with van der Waals surface area (Å²) in [5.41, 5.74) is 4.20. The zero-order valence-electron chi connectivity index (χ0n) is 13.8. The SMILES string of the molecule is CN(C)c1cccc(-c2cnc3ccc(N(C)C4CC4)nn23)c1. The molecule has 23 heavy (non-hydrogen) atoms. The molecule has 5 heteroatoms. The Bertz CT molecular complexity index is 847. The van der Waals surface area contributed by atoms with Crippen LogP contribution in [0.4, 0.5) is 11.5 Å². The van der Waals surface area contributed by atoms with E-state index in [-0.39, 0.29) is 0 Å². The summed E-state index contributed by atoms with van der Waals surface area (Å²) < 4.78 is 1.95. The van der Waals surface area contributed by atoms with Crippen LogP contribution in [0.1, 0.15) is 12.8 Å². The number of rotatable bonds is 4. The Labute approximate surface area is 136 Å². The maximum atomic E-state index is 4.81. The fourth-order valence-electron chi connectivity index (χ4n) is 2.84. The number of hydrogen-bond acceptors (Lipinski definition) is 4. The van der Waals surface area contributed by atoms with Gasteiger partial charge in [-0.2, -0.15) is 0 Å². The minimum atomic E-state index is 0.643. The van der Waals surface area contributed by atoms with Gasteiger partial charge in [0.05, 0.1) is 11.9 Å². The van der Waals surface area contributed by atoms with Crippen LogP contribution in [0.25, 0.3) is 16.9 Å². The second-order valence-corrected chi connectivity index (χ2v) is 6.39. The van der Waals surface area contributed by atoms with Crippen molar-refractivity contribution in [3.63, 3.8) is 0 Å². The summed E-state index contributed by atoms with van der Waals surface area (Å²) in [6, 6.07) is 13.2. The molecule has 2 aromatic heterocycles. The van der Waals surface area contributed by atoms with Crippen molar-refractivity contribution in [1.29, 1.82) is 0 Å². The molecule has 1 aliphatic rings. The minimum absolute atomic E-state index is 0.643. The van der Waals surface area contributed by atoms with E-state index >= 15 is 0 Å². The van der Waals surface area contributed by atoms with E-state index in [9.17, 15) is 0 Å². The molecule has 1 aromatic carbocycles. The molecule has 0 amide bonds. The van der Waals surface area contributed by atoms with Crippen molar-refractivity contribution in [3.05, 3.63) is 42.6 Å². The highest BCUT2D eigenvalue weighted by Crippen LogP contribution is 2.30. The molecule has 0 N–H and O–H groups in total. The molecule has 0 unspecified atom stereocenters. The molecular weight excluding hydrogens is 286 g/mol. The largest absolute Gasteiger partial charge is 0.378 e. The standard InChI is InChI=1S/C18H21N5/c1-21(2)15-6-4-5-13(11-15)16-12-19-17-9-10-18(20-23(16)17)22(3)14-7-8-14/h4-6,9-12,14H,7-8H2,1-3H3. The first-order valence-electron chi connectivity index (χ1n) is 7.99. The van der Waals surface area contributed by atoms with E-state index in [0.717, 1.165) is 22.7 Å². The fraction of sp³-hybridized carbons (Fsp3) is 0.333. The predicted molar refractivity (Wildman–Crippen MR) is 94.2 cm³/mol. The first kappa shape index (κ1) is 14.1. The zero-order chi connectivity index (χ0) is 16.0. The Morgan fingerprint density at radius 1 is 1.09 bits per heavy atom. The van der Waals surface area contributed by atoms with E-state index in [1.807, 2.05) is 16.8 Å². The molecule has 1 saturated carbocycles. The van der Waals surface area contributed by atoms with Crippen LogP contribution in [-0.2, 0) is 0 Å². The maximum Gasteiger partial charge on any atom is 0.154 e. The maximum absolute atomic E-state index is 4.81. The van der Waals surface area contributed by atoms with Crippen LogP contribution >= 0.6 is 0 Å². The van der Waals surface area contributed by atoms with Gasteiger partial charge in [-0.25, -0.2) is 9.50 Å². The fourth-order valence-corrected chi connectivity index (χ4v) is 2.84. The van der Waals surface area contributed by atoms with Gasteiger partial charge in [-0.05, 0) is 37.1 Å². The van der Waals surface area contributed by atoms with Crippen LogP contribution in [0.2, 0.25) is 0 Å². The average molecular weight is 307 g/mol. The van der Waals surface area contributed by atoms with Crippen molar-refractivity contribution in [3.8, 4) is 11.3 Å². The van der Waals surface area contributed by atoms with Crippen LogP contribution in [0.15, 0.2) is 42.6 Å². The Hall–Kier alpha value is -2.56. The molecule has 3 aromatic rings. The minimum Gasteiger partial charge on any atom is -0.378 e. The number of benzene rings is 1. The van der Waals surface area contributed by atoms with Crippen molar-refractivity contribution in [1.82, 2.24) is 14.6 Å². The highest BCUT2D eigenvalue weighted by molar-refractivity contribution is 5.68. The summed E-state index contributed by atoms with van der Waals surface area (Å²) in [7, 11) is 6.22. The Morgan fingerprint density at radius 2 is 1.91 bits per heavy atom. The summed E-state index contributed by atoms with van der Waals surface area (Å²) in [5.74, 6) is 1.00. The lowest BCUT2D eigenvalue weighted by Crippen LogP contribution is -2.21. The third kappa shape index (κ3) is 2.52. The summed E-state index contributed by atoms with van der Waals surface area (Å²) in [6.07, 6.45) is 4.42. The molecule has 0 atom stereocenters. The monoisotopic (exact) mass is 307 g/mol. The molecule has 0 aliphatic heterocycles. The van der Waals surface area contributed by atoms with Crippen molar-refractivity contribution >= 4 is 17.2 Å². The van der Waals surface area contributed by atoms with Gasteiger partial charge in [-0.3, -0.25) is 0 Å². The van der Waals surface area contributed by atoms with Crippen LogP contribution < -0.4 is 9.80 Å². The molecule has 0 bridgehead atoms. The van der Waals surface area contributed by atoms with Crippen molar-refractivity contribution in [2.24, 2.45) is 0 Å². The van der Waals surface area contributed by atoms with Crippen LogP contribution in [0.5, 0.6) is 0 Å². The van der Waals surface area contributed by atoms with E-state index in [0.29, 0.717) is 6.04 Å². The molecule has 0 radical (unpaired) electrons. The van der Waals surface area contributed by atoms with E-state index in [2.05, 4.69) is 66.3 Å². The Morgan fingerprint density at radius 3 is 2.65 bits per heavy atom. The van der Waals surface area contributed by atoms with E-state index in [1.54, 1.807) is 0 Å². The van der Waals surface area contributed by atoms with Crippen LogP contribution in [-0.4, -0.2) is 41.8 Å². The molecule has 5 nitrogen and oxygen atoms in total. The highest BCUT2D eigenvalue weighted by Gasteiger charge is 2.27. The number of anilines is 2. The van der Waals surface area contributed by atoms with Crippen molar-refractivity contribution < 1.29 is 0 Å². The normalized spacial score (nSPS) is 14.2. The summed E-state index contributed by atoms with van der Waals surface area (Å²) in [5, 5.41) is 4.81. The lowest BCUT2D eigenvalue weighted by molar-refractivity contribution is 0.840. The van der Waals surface area contributed by atoms with Gasteiger partial charge in [0.25, 0.3) is 0 Å². The van der Waals surface area contributed by atoms with E-state index in [4.69, 9.17) is 5.10 Å². The highest BCUT2D eigenvalue weighted by atomic mass is 15.3. The van der Waals surface area contributed by atoms with E-state index < -0.39 is 0 Å². The van der Waals surface area contributed by atoms with Crippen LogP contribution in [0.3, 0.4) is 0 Å². The van der Waals surface area contributed by atoms with Gasteiger partial charge in [-0.15, -0.1) is 5.10 Å². The van der Waals surface area contributed by atoms with Gasteiger partial charge >= 0.3 is 0 Å². The summed E-state index contributed by atoms with van der Waals surface area (Å²) in [6.45, 7) is 0. The first-order valence-corrected chi connectivity index (χ1v) is 7.99. The molecule has 2 heterocycles. The molecule has 1 fully saturated rings. The molecule has 118 valence electrons. The number of aromatic nitrogens is 3. The van der Waals surface area contributed by atoms with Crippen molar-refractivity contribution in [2.75, 3.05) is 30.9 Å². The molecule has 0 spiro atoms. The van der Waals surface area contributed by atoms with Gasteiger partial charge in [0, 0.05) is 38.4 Å². The lowest BCUT2D eigenvalue weighted by atomic mass is 10.1. The number of imidazole rings is 1. The number of hydrogen-bond donors (Lipinski definition) is 0. The van der Waals surface area contributed by atoms with Gasteiger partial charge in [0.1, 0.15) is 5.82 Å². The van der Waals surface area contributed by atoms with E-state index in [1.165, 1.54) is 18.5 Å². The second-order valence-electron chi connectivity index (χ2n) is 6.39. The van der Waals surface area contributed by atoms with Gasteiger partial charge in [-0.1, -0.05) is 12.1 Å². The topological polar surface area (TPSA) is 36.7 Å². The predicted octanol–water partition coefficient (Wildman–Crippen LogP) is 3.06. The average Bonchev–Trinajstić information content (AvgIpc) is 3.33. The summed E-state index contributed by atoms with van der Waals surface area (Å²) in [4.78, 5) is 8.87. The first-order chi connectivity index (χ1) is 11.1. The van der Waals surface area contributed by atoms with Gasteiger partial charge < -0.3 is 9.80 Å². The molecule has 4 rings (SSSR count). The molecule has 0 saturated heterocycles. The third-order valence-corrected chi connectivity index (χ3v) is 4.46. The van der Waals surface area contributed by atoms with Gasteiger partial charge in [0.15, 0.2) is 5.65 Å². The summed E-state index contributed by atoms with van der Waals surface area (Å²) >= 11 is 0. The molecular formula is C18H21N5. The van der Waals surface area contributed by atoms with Crippen LogP contribution in [0, 0.1) is 0 Å². The second kappa shape index (κ2) is 5.26. The smallest absolute Gasteiger partial charge is 0.154 e. The number of nitrogens with zero attached hydrogens (tertiary/aromatic N) is 5. The zero-order valence-corrected chi connectivity index (χ0v) is 13.8. The number of fused-ring (bicyclic) bond motifs is 1. The third-order valence-electron chi connectivity index (χ3n) is 4.46. The lowest BCUT2D eigenvalue weighted by Gasteiger charge is -2.17. The van der Waals surface area contributed by atoms with Crippen molar-refractivity contribution in [2.45, 2.75) is 18.9 Å². The molecule has 1 aliphatic carbocycles. The Balaban J connectivity index is 1.80.